The Morgan fingerprint density at radius 3 is 2.72 bits per heavy atom. The maximum atomic E-state index is 12.7. The molecule has 0 fully saturated rings. The third kappa shape index (κ3) is 3.93. The summed E-state index contributed by atoms with van der Waals surface area (Å²) in [4.78, 5) is 30.3. The van der Waals surface area contributed by atoms with Crippen molar-refractivity contribution in [2.24, 2.45) is 0 Å². The Balaban J connectivity index is 1.36. The van der Waals surface area contributed by atoms with Gasteiger partial charge in [0, 0.05) is 22.8 Å². The van der Waals surface area contributed by atoms with Crippen LogP contribution in [0.3, 0.4) is 0 Å². The summed E-state index contributed by atoms with van der Waals surface area (Å²) in [7, 11) is 0. The first-order chi connectivity index (χ1) is 15.6. The number of carbonyl (C=O) groups excluding carboxylic acids is 1. The molecular formula is C23H16ClN5O2S. The van der Waals surface area contributed by atoms with Gasteiger partial charge in [-0.05, 0) is 42.0 Å². The molecule has 0 spiro atoms. The van der Waals surface area contributed by atoms with Crippen molar-refractivity contribution in [3.8, 4) is 0 Å². The standard InChI is InChI=1S/C23H16ClN5O2S/c24-18-10-3-1-6-15(18)13-25-20(30)14-7-5-8-16(12-14)26-22-28-29-21(31)17-9-2-4-11-19(17)27-23(29)32-22/h1-12H,13H2,(H,25,30)(H,26,28). The zero-order valence-corrected chi connectivity index (χ0v) is 18.2. The number of aromatic nitrogens is 3. The number of rotatable bonds is 5. The molecule has 0 unspecified atom stereocenters. The SMILES string of the molecule is O=C(NCc1ccccc1Cl)c1cccc(Nc2nn3c(=O)c4ccccc4nc3s2)c1. The molecule has 1 amide bonds. The largest absolute Gasteiger partial charge is 0.348 e. The van der Waals surface area contributed by atoms with Crippen molar-refractivity contribution < 1.29 is 4.79 Å². The predicted molar refractivity (Wildman–Crippen MR) is 127 cm³/mol. The molecule has 158 valence electrons. The van der Waals surface area contributed by atoms with Crippen molar-refractivity contribution in [2.45, 2.75) is 6.54 Å². The van der Waals surface area contributed by atoms with E-state index >= 15 is 0 Å². The molecular weight excluding hydrogens is 446 g/mol. The van der Waals surface area contributed by atoms with Gasteiger partial charge in [0.05, 0.1) is 10.9 Å². The minimum absolute atomic E-state index is 0.220. The fraction of sp³-hybridized carbons (Fsp3) is 0.0435. The van der Waals surface area contributed by atoms with E-state index in [2.05, 4.69) is 20.7 Å². The number of halogens is 1. The van der Waals surface area contributed by atoms with E-state index in [9.17, 15) is 9.59 Å². The van der Waals surface area contributed by atoms with Gasteiger partial charge in [0.15, 0.2) is 0 Å². The zero-order valence-electron chi connectivity index (χ0n) is 16.6. The summed E-state index contributed by atoms with van der Waals surface area (Å²) in [6.07, 6.45) is 0. The van der Waals surface area contributed by atoms with Gasteiger partial charge in [-0.25, -0.2) is 4.98 Å². The van der Waals surface area contributed by atoms with Gasteiger partial charge in [-0.1, -0.05) is 59.3 Å². The van der Waals surface area contributed by atoms with E-state index in [1.807, 2.05) is 30.3 Å². The molecule has 5 rings (SSSR count). The van der Waals surface area contributed by atoms with Crippen molar-refractivity contribution in [1.29, 1.82) is 0 Å². The number of anilines is 2. The van der Waals surface area contributed by atoms with Crippen LogP contribution in [0.25, 0.3) is 15.9 Å². The second-order valence-corrected chi connectivity index (χ2v) is 8.38. The van der Waals surface area contributed by atoms with Gasteiger partial charge in [0.2, 0.25) is 10.1 Å². The molecule has 2 aromatic heterocycles. The quantitative estimate of drug-likeness (QED) is 0.398. The lowest BCUT2D eigenvalue weighted by atomic mass is 10.1. The molecule has 0 radical (unpaired) electrons. The highest BCUT2D eigenvalue weighted by atomic mass is 35.5. The van der Waals surface area contributed by atoms with Crippen molar-refractivity contribution in [1.82, 2.24) is 19.9 Å². The van der Waals surface area contributed by atoms with Crippen molar-refractivity contribution >= 4 is 55.5 Å². The van der Waals surface area contributed by atoms with Gasteiger partial charge in [0.25, 0.3) is 11.5 Å². The molecule has 3 aromatic carbocycles. The Morgan fingerprint density at radius 2 is 1.84 bits per heavy atom. The van der Waals surface area contributed by atoms with Gasteiger partial charge in [-0.3, -0.25) is 9.59 Å². The number of nitrogens with one attached hydrogen (secondary N) is 2. The number of para-hydroxylation sites is 1. The highest BCUT2D eigenvalue weighted by Gasteiger charge is 2.12. The Bertz CT molecular complexity index is 1530. The van der Waals surface area contributed by atoms with E-state index in [4.69, 9.17) is 11.6 Å². The first-order valence-electron chi connectivity index (χ1n) is 9.76. The average molecular weight is 462 g/mol. The zero-order chi connectivity index (χ0) is 22.1. The lowest BCUT2D eigenvalue weighted by Gasteiger charge is -2.08. The number of hydrogen-bond acceptors (Lipinski definition) is 6. The van der Waals surface area contributed by atoms with Crippen molar-refractivity contribution in [2.75, 3.05) is 5.32 Å². The second-order valence-electron chi connectivity index (χ2n) is 7.02. The minimum atomic E-state index is -0.220. The van der Waals surface area contributed by atoms with E-state index in [0.29, 0.717) is 43.8 Å². The first kappa shape index (κ1) is 20.2. The van der Waals surface area contributed by atoms with Crippen LogP contribution in [0.4, 0.5) is 10.8 Å². The van der Waals surface area contributed by atoms with Crippen LogP contribution >= 0.6 is 22.9 Å². The third-order valence-corrected chi connectivity index (χ3v) is 6.07. The maximum Gasteiger partial charge on any atom is 0.283 e. The summed E-state index contributed by atoms with van der Waals surface area (Å²) in [5.74, 6) is -0.220. The van der Waals surface area contributed by atoms with Crippen LogP contribution in [0.15, 0.2) is 77.6 Å². The first-order valence-corrected chi connectivity index (χ1v) is 11.0. The summed E-state index contributed by atoms with van der Waals surface area (Å²) in [6, 6.07) is 21.6. The summed E-state index contributed by atoms with van der Waals surface area (Å²) in [6.45, 7) is 0.330. The fourth-order valence-electron chi connectivity index (χ4n) is 3.29. The van der Waals surface area contributed by atoms with Crippen LogP contribution in [0.1, 0.15) is 15.9 Å². The van der Waals surface area contributed by atoms with Crippen LogP contribution in [0.2, 0.25) is 5.02 Å². The Labute approximate surface area is 191 Å². The number of carbonyl (C=O) groups is 1. The fourth-order valence-corrected chi connectivity index (χ4v) is 4.31. The van der Waals surface area contributed by atoms with Gasteiger partial charge >= 0.3 is 0 Å². The number of hydrogen-bond donors (Lipinski definition) is 2. The van der Waals surface area contributed by atoms with Crippen molar-refractivity contribution in [3.63, 3.8) is 0 Å². The molecule has 0 saturated heterocycles. The Kier molecular flexibility index (Phi) is 5.30. The van der Waals surface area contributed by atoms with Crippen LogP contribution in [-0.2, 0) is 6.54 Å². The predicted octanol–water partition coefficient (Wildman–Crippen LogP) is 4.63. The number of benzene rings is 3. The highest BCUT2D eigenvalue weighted by Crippen LogP contribution is 2.23. The smallest absolute Gasteiger partial charge is 0.283 e. The van der Waals surface area contributed by atoms with E-state index in [1.165, 1.54) is 15.9 Å². The van der Waals surface area contributed by atoms with E-state index in [1.54, 1.807) is 42.5 Å². The minimum Gasteiger partial charge on any atom is -0.348 e. The molecule has 0 bridgehead atoms. The molecule has 32 heavy (non-hydrogen) atoms. The van der Waals surface area contributed by atoms with Crippen LogP contribution in [0, 0.1) is 0 Å². The molecule has 0 aliphatic heterocycles. The van der Waals surface area contributed by atoms with Crippen LogP contribution in [0.5, 0.6) is 0 Å². The van der Waals surface area contributed by atoms with Crippen LogP contribution < -0.4 is 16.2 Å². The monoisotopic (exact) mass is 461 g/mol. The summed E-state index contributed by atoms with van der Waals surface area (Å²) in [5, 5.41) is 12.0. The summed E-state index contributed by atoms with van der Waals surface area (Å²) in [5.41, 5.74) is 2.42. The van der Waals surface area contributed by atoms with Gasteiger partial charge in [-0.2, -0.15) is 4.52 Å². The summed E-state index contributed by atoms with van der Waals surface area (Å²) >= 11 is 7.41. The molecule has 9 heteroatoms. The summed E-state index contributed by atoms with van der Waals surface area (Å²) < 4.78 is 1.29. The Morgan fingerprint density at radius 1 is 1.03 bits per heavy atom. The third-order valence-electron chi connectivity index (χ3n) is 4.88. The van der Waals surface area contributed by atoms with E-state index in [-0.39, 0.29) is 11.5 Å². The molecule has 2 N–H and O–H groups in total. The highest BCUT2D eigenvalue weighted by molar-refractivity contribution is 7.20. The second kappa shape index (κ2) is 8.41. The maximum absolute atomic E-state index is 12.7. The molecule has 0 aliphatic carbocycles. The van der Waals surface area contributed by atoms with E-state index in [0.717, 1.165) is 5.56 Å². The van der Waals surface area contributed by atoms with Gasteiger partial charge in [-0.15, -0.1) is 5.10 Å². The lowest BCUT2D eigenvalue weighted by Crippen LogP contribution is -2.22. The molecule has 0 saturated carbocycles. The van der Waals surface area contributed by atoms with Crippen molar-refractivity contribution in [3.05, 3.63) is 99.3 Å². The van der Waals surface area contributed by atoms with Gasteiger partial charge < -0.3 is 10.6 Å². The molecule has 5 aromatic rings. The molecule has 0 aliphatic rings. The van der Waals surface area contributed by atoms with Crippen LogP contribution in [-0.4, -0.2) is 20.5 Å². The molecule has 2 heterocycles. The lowest BCUT2D eigenvalue weighted by molar-refractivity contribution is 0.0951. The number of nitrogens with zero attached hydrogens (tertiary/aromatic N) is 3. The normalized spacial score (nSPS) is 11.0. The molecule has 0 atom stereocenters. The number of fused-ring (bicyclic) bond motifs is 2. The number of amides is 1. The van der Waals surface area contributed by atoms with Gasteiger partial charge in [0.1, 0.15) is 0 Å². The average Bonchev–Trinajstić information content (AvgIpc) is 3.21. The van der Waals surface area contributed by atoms with E-state index < -0.39 is 0 Å². The topological polar surface area (TPSA) is 88.4 Å². The molecule has 7 nitrogen and oxygen atoms in total. The Hall–Kier alpha value is -3.75.